The third kappa shape index (κ3) is 6.46. The van der Waals surface area contributed by atoms with E-state index in [2.05, 4.69) is 37.1 Å². The molecule has 0 bridgehead atoms. The Morgan fingerprint density at radius 3 is 2.64 bits per heavy atom. The quantitative estimate of drug-likeness (QED) is 0.296. The zero-order valence-electron chi connectivity index (χ0n) is 25.2. The Kier molecular flexibility index (Phi) is 8.54. The van der Waals surface area contributed by atoms with Gasteiger partial charge >= 0.3 is 0 Å². The maximum Gasteiger partial charge on any atom is 0.272 e. The van der Waals surface area contributed by atoms with Gasteiger partial charge < -0.3 is 20.1 Å². The van der Waals surface area contributed by atoms with E-state index < -0.39 is 6.10 Å². The van der Waals surface area contributed by atoms with Crippen LogP contribution in [-0.4, -0.2) is 90.6 Å². The highest BCUT2D eigenvalue weighted by Gasteiger charge is 2.41. The van der Waals surface area contributed by atoms with Gasteiger partial charge in [0, 0.05) is 61.8 Å². The van der Waals surface area contributed by atoms with Crippen LogP contribution in [-0.2, 0) is 16.1 Å². The average molecular weight is 628 g/mol. The standard InChI is InChI=1S/C33H37N7O4S/c1-20-18-39(32(43)26-5-2-3-10-34-26)11-12-40(20)24-13-22(14-24)31(42)38-33-37-25-9-8-21(15-29(25)45-33)23-16-35-30(36-17-23)19-44-28-7-4-6-27(28)41/h2-3,5,8-10,15-17,20,22,24,27-28,41H,4,6-7,11-14,18-19H2,1H3,(H,37,38,42)/t20-,22-,24+,27-,28-/m0/s1. The summed E-state index contributed by atoms with van der Waals surface area (Å²) in [6, 6.07) is 12.0. The number of nitrogens with one attached hydrogen (secondary N) is 1. The number of aromatic nitrogens is 4. The van der Waals surface area contributed by atoms with Crippen LogP contribution in [0.15, 0.2) is 55.0 Å². The summed E-state index contributed by atoms with van der Waals surface area (Å²) in [6.45, 7) is 4.55. The first-order valence-corrected chi connectivity index (χ1v) is 16.5. The molecule has 7 rings (SSSR count). The summed E-state index contributed by atoms with van der Waals surface area (Å²) in [5, 5.41) is 13.6. The van der Waals surface area contributed by atoms with Crippen molar-refractivity contribution in [2.24, 2.45) is 5.92 Å². The molecular formula is C33H37N7O4S. The predicted molar refractivity (Wildman–Crippen MR) is 171 cm³/mol. The molecule has 0 unspecified atom stereocenters. The van der Waals surface area contributed by atoms with Crippen LogP contribution in [0.3, 0.4) is 0 Å². The fourth-order valence-corrected chi connectivity index (χ4v) is 7.56. The van der Waals surface area contributed by atoms with Gasteiger partial charge in [-0.15, -0.1) is 0 Å². The summed E-state index contributed by atoms with van der Waals surface area (Å²) >= 11 is 1.46. The molecule has 3 fully saturated rings. The molecule has 1 saturated heterocycles. The molecule has 4 aromatic rings. The molecule has 3 atom stereocenters. The van der Waals surface area contributed by atoms with Gasteiger partial charge in [0.25, 0.3) is 5.91 Å². The number of carbonyl (C=O) groups is 2. The second-order valence-electron chi connectivity index (χ2n) is 12.3. The van der Waals surface area contributed by atoms with Crippen LogP contribution in [0.1, 0.15) is 55.3 Å². The van der Waals surface area contributed by atoms with Crippen molar-refractivity contribution in [1.82, 2.24) is 29.7 Å². The van der Waals surface area contributed by atoms with Crippen LogP contribution < -0.4 is 5.32 Å². The molecule has 0 radical (unpaired) electrons. The van der Waals surface area contributed by atoms with Gasteiger partial charge in [-0.1, -0.05) is 23.5 Å². The molecule has 234 valence electrons. The van der Waals surface area contributed by atoms with E-state index in [0.29, 0.717) is 35.8 Å². The number of aliphatic hydroxyl groups is 1. The van der Waals surface area contributed by atoms with Gasteiger partial charge in [0.05, 0.1) is 22.4 Å². The Labute approximate surface area is 265 Å². The Morgan fingerprint density at radius 1 is 1.07 bits per heavy atom. The maximum absolute atomic E-state index is 13.1. The van der Waals surface area contributed by atoms with E-state index in [1.54, 1.807) is 24.7 Å². The lowest BCUT2D eigenvalue weighted by Crippen LogP contribution is -2.60. The minimum Gasteiger partial charge on any atom is -0.390 e. The first-order valence-electron chi connectivity index (χ1n) is 15.7. The van der Waals surface area contributed by atoms with Crippen LogP contribution in [0, 0.1) is 5.92 Å². The third-order valence-corrected chi connectivity index (χ3v) is 10.2. The van der Waals surface area contributed by atoms with Crippen LogP contribution in [0.25, 0.3) is 21.3 Å². The number of ether oxygens (including phenoxy) is 1. The molecular weight excluding hydrogens is 590 g/mol. The summed E-state index contributed by atoms with van der Waals surface area (Å²) in [4.78, 5) is 48.0. The zero-order chi connectivity index (χ0) is 30.9. The lowest BCUT2D eigenvalue weighted by Gasteiger charge is -2.49. The van der Waals surface area contributed by atoms with Gasteiger partial charge in [0.2, 0.25) is 5.91 Å². The number of hydrogen-bond acceptors (Lipinski definition) is 10. The molecule has 2 saturated carbocycles. The van der Waals surface area contributed by atoms with Gasteiger partial charge in [0.1, 0.15) is 12.3 Å². The van der Waals surface area contributed by atoms with E-state index in [1.807, 2.05) is 35.2 Å². The fraction of sp³-hybridized carbons (Fsp3) is 0.455. The minimum absolute atomic E-state index is 0.0125. The minimum atomic E-state index is -0.399. The number of amides is 2. The van der Waals surface area contributed by atoms with Crippen molar-refractivity contribution in [3.05, 3.63) is 66.5 Å². The number of anilines is 1. The number of hydrogen-bond donors (Lipinski definition) is 2. The smallest absolute Gasteiger partial charge is 0.272 e. The van der Waals surface area contributed by atoms with Crippen LogP contribution in [0.4, 0.5) is 5.13 Å². The Bertz CT molecular complexity index is 1660. The lowest BCUT2D eigenvalue weighted by molar-refractivity contribution is -0.125. The highest BCUT2D eigenvalue weighted by atomic mass is 32.1. The summed E-state index contributed by atoms with van der Waals surface area (Å²) in [7, 11) is 0. The van der Waals surface area contributed by atoms with Crippen molar-refractivity contribution in [2.75, 3.05) is 25.0 Å². The Morgan fingerprint density at radius 2 is 1.91 bits per heavy atom. The second-order valence-corrected chi connectivity index (χ2v) is 13.3. The molecule has 2 amide bonds. The van der Waals surface area contributed by atoms with E-state index in [-0.39, 0.29) is 36.5 Å². The van der Waals surface area contributed by atoms with E-state index in [9.17, 15) is 14.7 Å². The van der Waals surface area contributed by atoms with Gasteiger partial charge in [-0.25, -0.2) is 15.0 Å². The molecule has 2 N–H and O–H groups in total. The van der Waals surface area contributed by atoms with Gasteiger partial charge in [-0.2, -0.15) is 0 Å². The van der Waals surface area contributed by atoms with Gasteiger partial charge in [-0.3, -0.25) is 19.5 Å². The maximum atomic E-state index is 13.1. The molecule has 0 spiro atoms. The molecule has 1 aromatic carbocycles. The van der Waals surface area contributed by atoms with Crippen molar-refractivity contribution in [3.8, 4) is 11.1 Å². The highest BCUT2D eigenvalue weighted by Crippen LogP contribution is 2.36. The van der Waals surface area contributed by atoms with Crippen LogP contribution in [0.2, 0.25) is 0 Å². The van der Waals surface area contributed by atoms with Crippen molar-refractivity contribution in [2.45, 2.75) is 69.9 Å². The Balaban J connectivity index is 0.904. The predicted octanol–water partition coefficient (Wildman–Crippen LogP) is 4.14. The fourth-order valence-electron chi connectivity index (χ4n) is 6.65. The molecule has 2 aliphatic carbocycles. The van der Waals surface area contributed by atoms with Crippen molar-refractivity contribution in [3.63, 3.8) is 0 Å². The number of nitrogens with zero attached hydrogens (tertiary/aromatic N) is 6. The van der Waals surface area contributed by atoms with E-state index in [1.165, 1.54) is 11.3 Å². The molecule has 45 heavy (non-hydrogen) atoms. The number of pyridine rings is 1. The average Bonchev–Trinajstić information content (AvgIpc) is 3.64. The van der Waals surface area contributed by atoms with Crippen LogP contribution >= 0.6 is 11.3 Å². The highest BCUT2D eigenvalue weighted by molar-refractivity contribution is 7.22. The lowest BCUT2D eigenvalue weighted by atomic mass is 9.78. The third-order valence-electron chi connectivity index (χ3n) is 9.30. The molecule has 3 aromatic heterocycles. The number of thiazole rings is 1. The zero-order valence-corrected chi connectivity index (χ0v) is 26.0. The molecule has 11 nitrogen and oxygen atoms in total. The molecule has 3 aliphatic rings. The first-order chi connectivity index (χ1) is 21.9. The van der Waals surface area contributed by atoms with Gasteiger partial charge in [-0.05, 0) is 68.9 Å². The van der Waals surface area contributed by atoms with Gasteiger partial charge in [0.15, 0.2) is 11.0 Å². The van der Waals surface area contributed by atoms with E-state index in [0.717, 1.165) is 60.0 Å². The number of piperazine rings is 1. The first kappa shape index (κ1) is 29.8. The molecule has 12 heteroatoms. The number of rotatable bonds is 8. The molecule has 1 aliphatic heterocycles. The van der Waals surface area contributed by atoms with E-state index in [4.69, 9.17) is 4.74 Å². The number of aliphatic hydroxyl groups excluding tert-OH is 1. The van der Waals surface area contributed by atoms with E-state index >= 15 is 0 Å². The molecule has 4 heterocycles. The normalized spacial score (nSPS) is 25.3. The number of benzene rings is 1. The SMILES string of the molecule is C[C@H]1CN(C(=O)c2ccccn2)CCN1[C@H]1C[C@@H](C(=O)Nc2nc3ccc(-c4cnc(CO[C@H]5CCC[C@@H]5O)nc4)cc3s2)C1. The number of fused-ring (bicyclic) bond motifs is 1. The monoisotopic (exact) mass is 627 g/mol. The summed E-state index contributed by atoms with van der Waals surface area (Å²) in [5.74, 6) is 0.532. The number of carbonyl (C=O) groups excluding carboxylic acids is 2. The topological polar surface area (TPSA) is 134 Å². The second kappa shape index (κ2) is 12.9. The summed E-state index contributed by atoms with van der Waals surface area (Å²) in [5.41, 5.74) is 3.17. The van der Waals surface area contributed by atoms with Crippen molar-refractivity contribution >= 4 is 38.5 Å². The van der Waals surface area contributed by atoms with Crippen LogP contribution in [0.5, 0.6) is 0 Å². The Hall–Kier alpha value is -3.84. The summed E-state index contributed by atoms with van der Waals surface area (Å²) in [6.07, 6.45) is 8.93. The van der Waals surface area contributed by atoms with Crippen molar-refractivity contribution in [1.29, 1.82) is 0 Å². The largest absolute Gasteiger partial charge is 0.390 e. The summed E-state index contributed by atoms with van der Waals surface area (Å²) < 4.78 is 6.78. The van der Waals surface area contributed by atoms with Crippen molar-refractivity contribution < 1.29 is 19.4 Å².